The van der Waals surface area contributed by atoms with Crippen molar-refractivity contribution in [2.24, 2.45) is 0 Å². The first kappa shape index (κ1) is 14.9. The van der Waals surface area contributed by atoms with Crippen LogP contribution in [0, 0.1) is 6.92 Å². The Bertz CT molecular complexity index is 928. The number of hydrogen-bond acceptors (Lipinski definition) is 4. The number of aromatic carboxylic acids is 1. The van der Waals surface area contributed by atoms with Crippen molar-refractivity contribution in [1.82, 2.24) is 9.55 Å². The molecule has 22 heavy (non-hydrogen) atoms. The minimum Gasteiger partial charge on any atom is -0.478 e. The molecule has 112 valence electrons. The number of aryl methyl sites for hydroxylation is 1. The summed E-state index contributed by atoms with van der Waals surface area (Å²) in [5.41, 5.74) is 0.646. The van der Waals surface area contributed by atoms with Gasteiger partial charge in [0.25, 0.3) is 5.56 Å². The summed E-state index contributed by atoms with van der Waals surface area (Å²) in [6.07, 6.45) is 0. The molecule has 0 aliphatic heterocycles. The second-order valence-corrected chi connectivity index (χ2v) is 6.59. The van der Waals surface area contributed by atoms with Crippen LogP contribution in [-0.4, -0.2) is 20.6 Å². The number of aromatic nitrogens is 2. The van der Waals surface area contributed by atoms with E-state index < -0.39 is 5.97 Å². The molecule has 0 spiro atoms. The highest BCUT2D eigenvalue weighted by Gasteiger charge is 2.18. The number of halogens is 1. The maximum absolute atomic E-state index is 12.7. The summed E-state index contributed by atoms with van der Waals surface area (Å²) in [5, 5.41) is 10.8. The van der Waals surface area contributed by atoms with Crippen molar-refractivity contribution >= 4 is 43.5 Å². The van der Waals surface area contributed by atoms with Crippen LogP contribution >= 0.6 is 27.3 Å². The number of benzene rings is 1. The van der Waals surface area contributed by atoms with E-state index in [0.29, 0.717) is 17.2 Å². The minimum atomic E-state index is -1.11. The molecule has 0 atom stereocenters. The second-order valence-electron chi connectivity index (χ2n) is 4.81. The average Bonchev–Trinajstić information content (AvgIpc) is 2.89. The largest absolute Gasteiger partial charge is 0.478 e. The summed E-state index contributed by atoms with van der Waals surface area (Å²) in [7, 11) is 0. The van der Waals surface area contributed by atoms with Crippen molar-refractivity contribution in [3.8, 4) is 0 Å². The molecule has 0 amide bonds. The summed E-state index contributed by atoms with van der Waals surface area (Å²) in [4.78, 5) is 28.7. The van der Waals surface area contributed by atoms with Crippen molar-refractivity contribution in [2.45, 2.75) is 13.5 Å². The van der Waals surface area contributed by atoms with Crippen molar-refractivity contribution in [2.75, 3.05) is 0 Å². The number of thiophene rings is 1. The Labute approximate surface area is 138 Å². The van der Waals surface area contributed by atoms with E-state index in [0.717, 1.165) is 10.0 Å². The number of carbonyl (C=O) groups is 1. The number of hydrogen-bond donors (Lipinski definition) is 1. The molecule has 7 heteroatoms. The van der Waals surface area contributed by atoms with Gasteiger partial charge in [-0.3, -0.25) is 9.36 Å². The average molecular weight is 379 g/mol. The molecule has 0 saturated carbocycles. The van der Waals surface area contributed by atoms with Gasteiger partial charge >= 0.3 is 5.97 Å². The Hall–Kier alpha value is -1.99. The highest BCUT2D eigenvalue weighted by Crippen LogP contribution is 2.22. The van der Waals surface area contributed by atoms with E-state index >= 15 is 0 Å². The summed E-state index contributed by atoms with van der Waals surface area (Å²) < 4.78 is 2.46. The number of nitrogens with zero attached hydrogens (tertiary/aromatic N) is 2. The normalized spacial score (nSPS) is 11.0. The van der Waals surface area contributed by atoms with Crippen molar-refractivity contribution < 1.29 is 9.90 Å². The summed E-state index contributed by atoms with van der Waals surface area (Å²) in [6.45, 7) is 2.11. The van der Waals surface area contributed by atoms with Gasteiger partial charge in [-0.1, -0.05) is 28.1 Å². The van der Waals surface area contributed by atoms with E-state index in [-0.39, 0.29) is 16.5 Å². The SMILES string of the molecule is Cc1nc2scc(C(=O)O)c2c(=O)n1Cc1ccc(Br)cc1. The quantitative estimate of drug-likeness (QED) is 0.758. The maximum atomic E-state index is 12.7. The lowest BCUT2D eigenvalue weighted by molar-refractivity contribution is 0.0699. The predicted molar refractivity (Wildman–Crippen MR) is 88.8 cm³/mol. The Morgan fingerprint density at radius 3 is 2.68 bits per heavy atom. The van der Waals surface area contributed by atoms with Crippen LogP contribution in [0.4, 0.5) is 0 Å². The Morgan fingerprint density at radius 1 is 1.36 bits per heavy atom. The zero-order valence-electron chi connectivity index (χ0n) is 11.5. The van der Waals surface area contributed by atoms with Gasteiger partial charge in [0.1, 0.15) is 10.7 Å². The van der Waals surface area contributed by atoms with Gasteiger partial charge in [-0.2, -0.15) is 0 Å². The molecule has 0 aliphatic rings. The lowest BCUT2D eigenvalue weighted by Crippen LogP contribution is -2.25. The Balaban J connectivity index is 2.16. The smallest absolute Gasteiger partial charge is 0.337 e. The Kier molecular flexibility index (Phi) is 3.84. The molecule has 0 radical (unpaired) electrons. The van der Waals surface area contributed by atoms with E-state index in [1.807, 2.05) is 24.3 Å². The van der Waals surface area contributed by atoms with E-state index in [1.54, 1.807) is 6.92 Å². The first-order valence-electron chi connectivity index (χ1n) is 6.43. The molecule has 3 rings (SSSR count). The van der Waals surface area contributed by atoms with Crippen LogP contribution in [0.15, 0.2) is 38.9 Å². The third-order valence-corrected chi connectivity index (χ3v) is 4.77. The fourth-order valence-electron chi connectivity index (χ4n) is 2.24. The molecular formula is C15H11BrN2O3S. The van der Waals surface area contributed by atoms with Crippen LogP contribution in [0.2, 0.25) is 0 Å². The van der Waals surface area contributed by atoms with E-state index in [1.165, 1.54) is 21.3 Å². The number of carboxylic acid groups (broad SMARTS) is 1. The van der Waals surface area contributed by atoms with E-state index in [9.17, 15) is 14.7 Å². The summed E-state index contributed by atoms with van der Waals surface area (Å²) in [5.74, 6) is -0.539. The molecule has 5 nitrogen and oxygen atoms in total. The van der Waals surface area contributed by atoms with Gasteiger partial charge in [-0.05, 0) is 24.6 Å². The zero-order chi connectivity index (χ0) is 15.9. The molecule has 3 aromatic rings. The zero-order valence-corrected chi connectivity index (χ0v) is 13.9. The van der Waals surface area contributed by atoms with Crippen molar-refractivity contribution in [1.29, 1.82) is 0 Å². The third-order valence-electron chi connectivity index (χ3n) is 3.37. The van der Waals surface area contributed by atoms with Crippen LogP contribution in [0.25, 0.3) is 10.2 Å². The summed E-state index contributed by atoms with van der Waals surface area (Å²) in [6, 6.07) is 7.61. The Morgan fingerprint density at radius 2 is 2.05 bits per heavy atom. The molecule has 0 fully saturated rings. The van der Waals surface area contributed by atoms with Gasteiger partial charge in [0.2, 0.25) is 0 Å². The maximum Gasteiger partial charge on any atom is 0.337 e. The fourth-order valence-corrected chi connectivity index (χ4v) is 3.45. The highest BCUT2D eigenvalue weighted by atomic mass is 79.9. The summed E-state index contributed by atoms with van der Waals surface area (Å²) >= 11 is 4.54. The standard InChI is InChI=1S/C15H11BrN2O3S/c1-8-17-13-12(11(7-22-13)15(20)21)14(19)18(8)6-9-2-4-10(16)5-3-9/h2-5,7H,6H2,1H3,(H,20,21). The van der Waals surface area contributed by atoms with Gasteiger partial charge < -0.3 is 5.11 Å². The van der Waals surface area contributed by atoms with Crippen LogP contribution < -0.4 is 5.56 Å². The van der Waals surface area contributed by atoms with Gasteiger partial charge in [0.15, 0.2) is 0 Å². The van der Waals surface area contributed by atoms with Crippen LogP contribution in [-0.2, 0) is 6.54 Å². The fraction of sp³-hybridized carbons (Fsp3) is 0.133. The number of fused-ring (bicyclic) bond motifs is 1. The molecule has 0 saturated heterocycles. The molecule has 1 N–H and O–H groups in total. The predicted octanol–water partition coefficient (Wildman–Crippen LogP) is 3.28. The minimum absolute atomic E-state index is 0.0158. The van der Waals surface area contributed by atoms with Crippen molar-refractivity contribution in [3.63, 3.8) is 0 Å². The number of carboxylic acids is 1. The molecule has 0 bridgehead atoms. The molecule has 0 aliphatic carbocycles. The first-order chi connectivity index (χ1) is 10.5. The third kappa shape index (κ3) is 2.57. The van der Waals surface area contributed by atoms with E-state index in [2.05, 4.69) is 20.9 Å². The van der Waals surface area contributed by atoms with Crippen LogP contribution in [0.3, 0.4) is 0 Å². The first-order valence-corrected chi connectivity index (χ1v) is 8.11. The van der Waals surface area contributed by atoms with Gasteiger partial charge in [-0.15, -0.1) is 11.3 Å². The van der Waals surface area contributed by atoms with Crippen LogP contribution in [0.1, 0.15) is 21.7 Å². The van der Waals surface area contributed by atoms with Crippen molar-refractivity contribution in [3.05, 3.63) is 61.4 Å². The topological polar surface area (TPSA) is 72.2 Å². The number of rotatable bonds is 3. The highest BCUT2D eigenvalue weighted by molar-refractivity contribution is 9.10. The second kappa shape index (κ2) is 5.66. The van der Waals surface area contributed by atoms with Gasteiger partial charge in [0, 0.05) is 9.85 Å². The van der Waals surface area contributed by atoms with Gasteiger partial charge in [-0.25, -0.2) is 9.78 Å². The molecule has 1 aromatic carbocycles. The molecular weight excluding hydrogens is 368 g/mol. The monoisotopic (exact) mass is 378 g/mol. The molecule has 2 aromatic heterocycles. The van der Waals surface area contributed by atoms with Gasteiger partial charge in [0.05, 0.1) is 17.5 Å². The molecule has 2 heterocycles. The lowest BCUT2D eigenvalue weighted by Gasteiger charge is -2.10. The lowest BCUT2D eigenvalue weighted by atomic mass is 10.2. The molecule has 0 unspecified atom stereocenters. The van der Waals surface area contributed by atoms with E-state index in [4.69, 9.17) is 0 Å². The van der Waals surface area contributed by atoms with Crippen LogP contribution in [0.5, 0.6) is 0 Å².